The van der Waals surface area contributed by atoms with Gasteiger partial charge in [-0.1, -0.05) is 18.1 Å². The van der Waals surface area contributed by atoms with Crippen LogP contribution in [0.1, 0.15) is 5.56 Å². The van der Waals surface area contributed by atoms with Crippen LogP contribution in [-0.2, 0) is 11.3 Å². The Kier molecular flexibility index (Phi) is 5.92. The Balaban J connectivity index is 2.68. The Morgan fingerprint density at radius 2 is 1.95 bits per heavy atom. The van der Waals surface area contributed by atoms with Gasteiger partial charge in [-0.15, -0.1) is 6.42 Å². The van der Waals surface area contributed by atoms with Crippen molar-refractivity contribution in [2.75, 3.05) is 13.1 Å². The molecule has 0 saturated carbocycles. The molecule has 0 fully saturated rings. The highest BCUT2D eigenvalue weighted by Crippen LogP contribution is 2.36. The Hall–Kier alpha value is -1.65. The topological polar surface area (TPSA) is 40.5 Å². The molecule has 108 valence electrons. The largest absolute Gasteiger partial charge is 0.480 e. The average Bonchev–Trinajstić information content (AvgIpc) is 2.29. The molecule has 1 rings (SSSR count). The van der Waals surface area contributed by atoms with Crippen molar-refractivity contribution in [3.8, 4) is 12.3 Å². The first kappa shape index (κ1) is 16.4. The first-order valence-electron chi connectivity index (χ1n) is 5.52. The fraction of sp³-hybridized carbons (Fsp3) is 0.308. The molecule has 7 heteroatoms. The Morgan fingerprint density at radius 1 is 1.35 bits per heavy atom. The van der Waals surface area contributed by atoms with Gasteiger partial charge in [0.25, 0.3) is 0 Å². The minimum Gasteiger partial charge on any atom is -0.480 e. The molecule has 1 aromatic rings. The maximum Gasteiger partial charge on any atom is 0.446 e. The van der Waals surface area contributed by atoms with Gasteiger partial charge in [0.05, 0.1) is 13.1 Å². The molecule has 0 spiro atoms. The third kappa shape index (κ3) is 6.50. The second-order valence-corrected chi connectivity index (χ2v) is 5.07. The molecule has 20 heavy (non-hydrogen) atoms. The lowest BCUT2D eigenvalue weighted by atomic mass is 10.2. The maximum atomic E-state index is 12.2. The molecule has 0 aliphatic carbocycles. The van der Waals surface area contributed by atoms with Crippen LogP contribution in [0.5, 0.6) is 0 Å². The minimum atomic E-state index is -4.32. The van der Waals surface area contributed by atoms with E-state index in [1.807, 2.05) is 0 Å². The second kappa shape index (κ2) is 7.22. The molecule has 0 radical (unpaired) electrons. The van der Waals surface area contributed by atoms with E-state index in [1.54, 1.807) is 0 Å². The van der Waals surface area contributed by atoms with E-state index in [1.165, 1.54) is 29.2 Å². The zero-order valence-electron chi connectivity index (χ0n) is 10.4. The van der Waals surface area contributed by atoms with Gasteiger partial charge in [-0.3, -0.25) is 9.69 Å². The van der Waals surface area contributed by atoms with Crippen LogP contribution in [0.15, 0.2) is 29.2 Å². The van der Waals surface area contributed by atoms with Crippen LogP contribution in [-0.4, -0.2) is 34.6 Å². The van der Waals surface area contributed by atoms with Crippen molar-refractivity contribution in [2.24, 2.45) is 0 Å². The molecule has 1 N–H and O–H groups in total. The molecule has 0 aliphatic heterocycles. The fourth-order valence-electron chi connectivity index (χ4n) is 1.54. The van der Waals surface area contributed by atoms with Gasteiger partial charge < -0.3 is 5.11 Å². The smallest absolute Gasteiger partial charge is 0.446 e. The molecule has 0 aromatic heterocycles. The highest BCUT2D eigenvalue weighted by Gasteiger charge is 2.29. The number of rotatable bonds is 6. The molecule has 1 aromatic carbocycles. The van der Waals surface area contributed by atoms with Crippen LogP contribution in [0.4, 0.5) is 13.2 Å². The van der Waals surface area contributed by atoms with Gasteiger partial charge in [0.15, 0.2) is 0 Å². The molecule has 0 bridgehead atoms. The lowest BCUT2D eigenvalue weighted by molar-refractivity contribution is -0.138. The van der Waals surface area contributed by atoms with E-state index < -0.39 is 11.5 Å². The normalized spacial score (nSPS) is 11.3. The van der Waals surface area contributed by atoms with E-state index in [0.29, 0.717) is 5.56 Å². The van der Waals surface area contributed by atoms with Crippen molar-refractivity contribution in [1.82, 2.24) is 4.90 Å². The molecule has 0 atom stereocenters. The van der Waals surface area contributed by atoms with Crippen LogP contribution in [0, 0.1) is 12.3 Å². The molecule has 0 heterocycles. The summed E-state index contributed by atoms with van der Waals surface area (Å²) in [6.07, 6.45) is 5.14. The predicted octanol–water partition coefficient (Wildman–Crippen LogP) is 2.82. The van der Waals surface area contributed by atoms with E-state index in [-0.39, 0.29) is 36.3 Å². The summed E-state index contributed by atoms with van der Waals surface area (Å²) in [5, 5.41) is 8.72. The van der Waals surface area contributed by atoms with E-state index in [4.69, 9.17) is 11.5 Å². The third-order valence-corrected chi connectivity index (χ3v) is 2.98. The summed E-state index contributed by atoms with van der Waals surface area (Å²) in [6, 6.07) is 5.75. The molecule has 0 saturated heterocycles. The Labute approximate surface area is 118 Å². The van der Waals surface area contributed by atoms with Gasteiger partial charge in [-0.05, 0) is 29.5 Å². The number of halogens is 3. The number of alkyl halides is 3. The summed E-state index contributed by atoms with van der Waals surface area (Å²) in [5.41, 5.74) is -3.62. The first-order chi connectivity index (χ1) is 9.30. The zero-order chi connectivity index (χ0) is 15.2. The molecule has 0 amide bonds. The van der Waals surface area contributed by atoms with Crippen molar-refractivity contribution < 1.29 is 23.1 Å². The number of benzene rings is 1. The van der Waals surface area contributed by atoms with Crippen molar-refractivity contribution >= 4 is 17.7 Å². The Morgan fingerprint density at radius 3 is 2.40 bits per heavy atom. The molecule has 0 aliphatic rings. The average molecular weight is 303 g/mol. The number of hydrogen-bond acceptors (Lipinski definition) is 3. The number of nitrogens with zero attached hydrogens (tertiary/aromatic N) is 1. The van der Waals surface area contributed by atoms with Crippen LogP contribution in [0.3, 0.4) is 0 Å². The van der Waals surface area contributed by atoms with E-state index in [0.717, 1.165) is 0 Å². The van der Waals surface area contributed by atoms with E-state index in [9.17, 15) is 18.0 Å². The number of carboxylic acids is 1. The number of aliphatic carboxylic acids is 1. The number of carbonyl (C=O) groups is 1. The highest BCUT2D eigenvalue weighted by molar-refractivity contribution is 8.00. The van der Waals surface area contributed by atoms with Crippen molar-refractivity contribution in [1.29, 1.82) is 0 Å². The lowest BCUT2D eigenvalue weighted by Crippen LogP contribution is -2.29. The highest BCUT2D eigenvalue weighted by atomic mass is 32.2. The van der Waals surface area contributed by atoms with Gasteiger partial charge in [-0.2, -0.15) is 13.2 Å². The van der Waals surface area contributed by atoms with Gasteiger partial charge in [-0.25, -0.2) is 0 Å². The maximum absolute atomic E-state index is 12.2. The van der Waals surface area contributed by atoms with Crippen LogP contribution in [0.2, 0.25) is 0 Å². The van der Waals surface area contributed by atoms with Gasteiger partial charge in [0, 0.05) is 11.4 Å². The summed E-state index contributed by atoms with van der Waals surface area (Å²) in [6.45, 7) is 0.210. The zero-order valence-corrected chi connectivity index (χ0v) is 11.2. The van der Waals surface area contributed by atoms with Crippen molar-refractivity contribution in [3.05, 3.63) is 29.8 Å². The van der Waals surface area contributed by atoms with Crippen LogP contribution in [0.25, 0.3) is 0 Å². The van der Waals surface area contributed by atoms with Gasteiger partial charge in [0.1, 0.15) is 0 Å². The fourth-order valence-corrected chi connectivity index (χ4v) is 2.08. The third-order valence-electron chi connectivity index (χ3n) is 2.24. The van der Waals surface area contributed by atoms with Gasteiger partial charge in [0.2, 0.25) is 0 Å². The van der Waals surface area contributed by atoms with Crippen LogP contribution >= 0.6 is 11.8 Å². The summed E-state index contributed by atoms with van der Waals surface area (Å²) >= 11 is -0.191. The molecule has 3 nitrogen and oxygen atoms in total. The van der Waals surface area contributed by atoms with Crippen molar-refractivity contribution in [3.63, 3.8) is 0 Å². The first-order valence-corrected chi connectivity index (χ1v) is 6.34. The minimum absolute atomic E-state index is 0.0861. The quantitative estimate of drug-likeness (QED) is 0.648. The number of hydrogen-bond donors (Lipinski definition) is 1. The Bertz CT molecular complexity index is 494. The molecular weight excluding hydrogens is 291 g/mol. The van der Waals surface area contributed by atoms with E-state index in [2.05, 4.69) is 5.92 Å². The van der Waals surface area contributed by atoms with Crippen LogP contribution < -0.4 is 0 Å². The summed E-state index contributed by atoms with van der Waals surface area (Å²) in [4.78, 5) is 12.2. The second-order valence-electron chi connectivity index (χ2n) is 3.93. The summed E-state index contributed by atoms with van der Waals surface area (Å²) in [5.74, 6) is 1.34. The lowest BCUT2D eigenvalue weighted by Gasteiger charge is -2.17. The number of terminal acetylenes is 1. The summed E-state index contributed by atoms with van der Waals surface area (Å²) in [7, 11) is 0. The standard InChI is InChI=1S/C13H12F3NO2S/c1-2-7-17(9-12(18)19)8-10-3-5-11(6-4-10)20-13(14,15)16/h1,3-6H,7-9H2,(H,18,19). The van der Waals surface area contributed by atoms with Gasteiger partial charge >= 0.3 is 11.5 Å². The predicted molar refractivity (Wildman–Crippen MR) is 70.1 cm³/mol. The summed E-state index contributed by atoms with van der Waals surface area (Å²) < 4.78 is 36.5. The monoisotopic (exact) mass is 303 g/mol. The number of carboxylic acid groups (broad SMARTS) is 1. The van der Waals surface area contributed by atoms with Crippen molar-refractivity contribution in [2.45, 2.75) is 16.9 Å². The molecular formula is C13H12F3NO2S. The molecule has 0 unspecified atom stereocenters. The SMILES string of the molecule is C#CCN(CC(=O)O)Cc1ccc(SC(F)(F)F)cc1. The van der Waals surface area contributed by atoms with E-state index >= 15 is 0 Å². The number of thioether (sulfide) groups is 1.